The summed E-state index contributed by atoms with van der Waals surface area (Å²) in [5, 5.41) is 0. The van der Waals surface area contributed by atoms with Gasteiger partial charge in [0.1, 0.15) is 17.4 Å². The summed E-state index contributed by atoms with van der Waals surface area (Å²) in [6.45, 7) is -0.111. The average molecular weight is 407 g/mol. The monoisotopic (exact) mass is 407 g/mol. The summed E-state index contributed by atoms with van der Waals surface area (Å²) in [4.78, 5) is 11.9. The summed E-state index contributed by atoms with van der Waals surface area (Å²) in [5.41, 5.74) is -0.420. The van der Waals surface area contributed by atoms with Crippen LogP contribution in [0.5, 0.6) is 5.75 Å². The van der Waals surface area contributed by atoms with Crippen LogP contribution in [0, 0.1) is 15.2 Å². The predicted octanol–water partition coefficient (Wildman–Crippen LogP) is 2.92. The molecule has 0 spiro atoms. The molecule has 0 fully saturated rings. The van der Waals surface area contributed by atoms with Gasteiger partial charge in [0.15, 0.2) is 6.79 Å². The molecular formula is C14H12F2INO3. The van der Waals surface area contributed by atoms with Crippen LogP contribution in [0.25, 0.3) is 11.3 Å². The van der Waals surface area contributed by atoms with Crippen molar-refractivity contribution in [1.29, 1.82) is 0 Å². The van der Waals surface area contributed by atoms with Gasteiger partial charge in [0.2, 0.25) is 0 Å². The number of pyridine rings is 1. The number of nitrogens with zero attached hydrogens (tertiary/aromatic N) is 1. The zero-order valence-corrected chi connectivity index (χ0v) is 13.5. The Morgan fingerprint density at radius 2 is 1.86 bits per heavy atom. The maximum absolute atomic E-state index is 14.2. The standard InChI is InChI=1S/C14H12F2INO3/c1-18-12(4-3-11(17)14(18)19)13-9(15)5-8(6-10(13)16)21-7-20-2/h3-6H,7H2,1-2H3. The van der Waals surface area contributed by atoms with Gasteiger partial charge in [-0.2, -0.15) is 0 Å². The van der Waals surface area contributed by atoms with Crippen molar-refractivity contribution < 1.29 is 18.3 Å². The minimum absolute atomic E-state index is 0.0195. The van der Waals surface area contributed by atoms with Crippen LogP contribution in [-0.2, 0) is 11.8 Å². The zero-order valence-electron chi connectivity index (χ0n) is 11.3. The van der Waals surface area contributed by atoms with E-state index in [2.05, 4.69) is 4.74 Å². The van der Waals surface area contributed by atoms with Gasteiger partial charge < -0.3 is 14.0 Å². The highest BCUT2D eigenvalue weighted by molar-refractivity contribution is 14.1. The summed E-state index contributed by atoms with van der Waals surface area (Å²) in [6.07, 6.45) is 0. The Morgan fingerprint density at radius 1 is 1.24 bits per heavy atom. The van der Waals surface area contributed by atoms with Crippen molar-refractivity contribution in [2.24, 2.45) is 7.05 Å². The molecule has 0 atom stereocenters. The first-order valence-electron chi connectivity index (χ1n) is 5.92. The highest BCUT2D eigenvalue weighted by Crippen LogP contribution is 2.29. The lowest BCUT2D eigenvalue weighted by molar-refractivity contribution is 0.0507. The molecule has 0 saturated heterocycles. The molecule has 0 saturated carbocycles. The first-order valence-corrected chi connectivity index (χ1v) is 7.00. The van der Waals surface area contributed by atoms with Gasteiger partial charge in [0.05, 0.1) is 14.8 Å². The highest BCUT2D eigenvalue weighted by atomic mass is 127. The molecule has 21 heavy (non-hydrogen) atoms. The molecule has 0 N–H and O–H groups in total. The minimum Gasteiger partial charge on any atom is -0.467 e. The second kappa shape index (κ2) is 6.52. The van der Waals surface area contributed by atoms with Gasteiger partial charge in [-0.15, -0.1) is 0 Å². The van der Waals surface area contributed by atoms with Gasteiger partial charge in [-0.05, 0) is 34.7 Å². The fraction of sp³-hybridized carbons (Fsp3) is 0.214. The molecule has 112 valence electrons. The number of rotatable bonds is 4. The lowest BCUT2D eigenvalue weighted by atomic mass is 10.1. The first kappa shape index (κ1) is 15.9. The van der Waals surface area contributed by atoms with Crippen LogP contribution in [0.15, 0.2) is 29.1 Å². The second-order valence-corrected chi connectivity index (χ2v) is 5.41. The van der Waals surface area contributed by atoms with Crippen LogP contribution in [-0.4, -0.2) is 18.5 Å². The Morgan fingerprint density at radius 3 is 2.43 bits per heavy atom. The minimum atomic E-state index is -0.808. The van der Waals surface area contributed by atoms with Gasteiger partial charge in [-0.3, -0.25) is 4.79 Å². The van der Waals surface area contributed by atoms with E-state index in [0.717, 1.165) is 12.1 Å². The van der Waals surface area contributed by atoms with Crippen molar-refractivity contribution in [2.45, 2.75) is 0 Å². The number of halogens is 3. The molecule has 1 heterocycles. The molecule has 0 unspecified atom stereocenters. The summed E-state index contributed by atoms with van der Waals surface area (Å²) < 4.78 is 39.7. The van der Waals surface area contributed by atoms with E-state index in [1.165, 1.54) is 30.9 Å². The summed E-state index contributed by atoms with van der Waals surface area (Å²) in [5.74, 6) is -1.60. The van der Waals surface area contributed by atoms with E-state index in [4.69, 9.17) is 4.74 Å². The molecule has 0 aliphatic rings. The molecule has 2 aromatic rings. The summed E-state index contributed by atoms with van der Waals surface area (Å²) in [7, 11) is 2.87. The van der Waals surface area contributed by atoms with Crippen molar-refractivity contribution in [2.75, 3.05) is 13.9 Å². The smallest absolute Gasteiger partial charge is 0.264 e. The lowest BCUT2D eigenvalue weighted by Gasteiger charge is -2.12. The third-order valence-corrected chi connectivity index (χ3v) is 3.69. The quantitative estimate of drug-likeness (QED) is 0.578. The second-order valence-electron chi connectivity index (χ2n) is 4.24. The predicted molar refractivity (Wildman–Crippen MR) is 82.3 cm³/mol. The van der Waals surface area contributed by atoms with Crippen molar-refractivity contribution in [3.63, 3.8) is 0 Å². The van der Waals surface area contributed by atoms with Crippen LogP contribution in [0.3, 0.4) is 0 Å². The number of aromatic nitrogens is 1. The van der Waals surface area contributed by atoms with E-state index in [1.807, 2.05) is 22.6 Å². The average Bonchev–Trinajstić information content (AvgIpc) is 2.44. The van der Waals surface area contributed by atoms with Crippen LogP contribution >= 0.6 is 22.6 Å². The Labute approximate surface area is 133 Å². The zero-order chi connectivity index (χ0) is 15.6. The molecular weight excluding hydrogens is 395 g/mol. The van der Waals surface area contributed by atoms with Gasteiger partial charge >= 0.3 is 0 Å². The molecule has 1 aromatic heterocycles. The molecule has 0 radical (unpaired) electrons. The molecule has 1 aromatic carbocycles. The molecule has 0 bridgehead atoms. The molecule has 2 rings (SSSR count). The topological polar surface area (TPSA) is 40.5 Å². The number of hydrogen-bond acceptors (Lipinski definition) is 3. The molecule has 0 aliphatic heterocycles. The van der Waals surface area contributed by atoms with Gasteiger partial charge in [0, 0.05) is 26.3 Å². The van der Waals surface area contributed by atoms with Crippen LogP contribution in [0.1, 0.15) is 0 Å². The molecule has 0 amide bonds. The van der Waals surface area contributed by atoms with Crippen molar-refractivity contribution in [1.82, 2.24) is 4.57 Å². The Hall–Kier alpha value is -1.48. The Balaban J connectivity index is 2.55. The highest BCUT2D eigenvalue weighted by Gasteiger charge is 2.17. The summed E-state index contributed by atoms with van der Waals surface area (Å²) in [6, 6.07) is 5.13. The fourth-order valence-electron chi connectivity index (χ4n) is 1.86. The van der Waals surface area contributed by atoms with Crippen LogP contribution in [0.2, 0.25) is 0 Å². The van der Waals surface area contributed by atoms with Crippen molar-refractivity contribution in [3.05, 3.63) is 49.8 Å². The van der Waals surface area contributed by atoms with Crippen molar-refractivity contribution >= 4 is 22.6 Å². The van der Waals surface area contributed by atoms with Crippen molar-refractivity contribution in [3.8, 4) is 17.0 Å². The van der Waals surface area contributed by atoms with Gasteiger partial charge in [-0.25, -0.2) is 8.78 Å². The SMILES string of the molecule is COCOc1cc(F)c(-c2ccc(I)c(=O)n2C)c(F)c1. The Bertz CT molecular complexity index is 708. The van der Waals surface area contributed by atoms with E-state index >= 15 is 0 Å². The number of ether oxygens (including phenoxy) is 2. The fourth-order valence-corrected chi connectivity index (χ4v) is 2.40. The van der Waals surface area contributed by atoms with Gasteiger partial charge in [-0.1, -0.05) is 0 Å². The molecule has 7 heteroatoms. The molecule has 0 aliphatic carbocycles. The number of benzene rings is 1. The van der Waals surface area contributed by atoms with Gasteiger partial charge in [0.25, 0.3) is 5.56 Å². The van der Waals surface area contributed by atoms with Crippen LogP contribution < -0.4 is 10.3 Å². The summed E-state index contributed by atoms with van der Waals surface area (Å²) >= 11 is 1.87. The van der Waals surface area contributed by atoms with E-state index in [9.17, 15) is 13.6 Å². The maximum atomic E-state index is 14.2. The largest absolute Gasteiger partial charge is 0.467 e. The van der Waals surface area contributed by atoms with Crippen LogP contribution in [0.4, 0.5) is 8.78 Å². The van der Waals surface area contributed by atoms with E-state index in [0.29, 0.717) is 3.57 Å². The third-order valence-electron chi connectivity index (χ3n) is 2.87. The number of hydrogen-bond donors (Lipinski definition) is 0. The Kier molecular flexibility index (Phi) is 4.94. The first-order chi connectivity index (χ1) is 9.95. The van der Waals surface area contributed by atoms with E-state index in [-0.39, 0.29) is 29.4 Å². The van der Waals surface area contributed by atoms with E-state index < -0.39 is 11.6 Å². The lowest BCUT2D eigenvalue weighted by Crippen LogP contribution is -2.21. The number of methoxy groups -OCH3 is 1. The normalized spacial score (nSPS) is 10.7. The molecule has 4 nitrogen and oxygen atoms in total. The third kappa shape index (κ3) is 3.24. The maximum Gasteiger partial charge on any atom is 0.264 e. The van der Waals surface area contributed by atoms with E-state index in [1.54, 1.807) is 0 Å².